The van der Waals surface area contributed by atoms with Gasteiger partial charge in [0.1, 0.15) is 0 Å². The average molecular weight is 228 g/mol. The smallest absolute Gasteiger partial charge is 0.252 e. The highest BCUT2D eigenvalue weighted by Crippen LogP contribution is 2.17. The van der Waals surface area contributed by atoms with E-state index in [1.54, 1.807) is 7.05 Å². The van der Waals surface area contributed by atoms with Gasteiger partial charge in [-0.05, 0) is 35.0 Å². The standard InChI is InChI=1S/C9H10BrNO/c1-6-3-4-8(10)7(5-6)9(12)11-2/h3-5H,1-2H3,(H,11,12). The number of hydrogen-bond donors (Lipinski definition) is 1. The summed E-state index contributed by atoms with van der Waals surface area (Å²) in [6.07, 6.45) is 0. The number of halogens is 1. The molecule has 1 aromatic carbocycles. The summed E-state index contributed by atoms with van der Waals surface area (Å²) in [5.41, 5.74) is 1.76. The van der Waals surface area contributed by atoms with Gasteiger partial charge in [0.2, 0.25) is 0 Å². The maximum Gasteiger partial charge on any atom is 0.252 e. The summed E-state index contributed by atoms with van der Waals surface area (Å²) in [5, 5.41) is 2.58. The van der Waals surface area contributed by atoms with Crippen molar-refractivity contribution in [3.63, 3.8) is 0 Å². The minimum absolute atomic E-state index is 0.0643. The lowest BCUT2D eigenvalue weighted by atomic mass is 10.1. The van der Waals surface area contributed by atoms with Crippen molar-refractivity contribution < 1.29 is 4.79 Å². The van der Waals surface area contributed by atoms with Crippen molar-refractivity contribution in [3.05, 3.63) is 33.8 Å². The third-order valence-electron chi connectivity index (χ3n) is 1.59. The Morgan fingerprint density at radius 3 is 2.75 bits per heavy atom. The van der Waals surface area contributed by atoms with Gasteiger partial charge in [0.05, 0.1) is 5.56 Å². The van der Waals surface area contributed by atoms with Gasteiger partial charge in [0, 0.05) is 11.5 Å². The molecule has 3 heteroatoms. The van der Waals surface area contributed by atoms with Crippen LogP contribution < -0.4 is 5.32 Å². The van der Waals surface area contributed by atoms with Crippen LogP contribution >= 0.6 is 15.9 Å². The first-order valence-electron chi connectivity index (χ1n) is 3.63. The highest BCUT2D eigenvalue weighted by Gasteiger charge is 2.06. The van der Waals surface area contributed by atoms with Crippen LogP contribution in [0.5, 0.6) is 0 Å². The maximum atomic E-state index is 11.2. The van der Waals surface area contributed by atoms with Gasteiger partial charge >= 0.3 is 0 Å². The zero-order chi connectivity index (χ0) is 9.14. The second kappa shape index (κ2) is 3.72. The van der Waals surface area contributed by atoms with E-state index in [-0.39, 0.29) is 5.91 Å². The molecule has 2 nitrogen and oxygen atoms in total. The number of hydrogen-bond acceptors (Lipinski definition) is 1. The monoisotopic (exact) mass is 227 g/mol. The zero-order valence-corrected chi connectivity index (χ0v) is 8.60. The molecule has 0 atom stereocenters. The molecule has 0 radical (unpaired) electrons. The minimum Gasteiger partial charge on any atom is -0.355 e. The molecule has 1 rings (SSSR count). The molecule has 0 heterocycles. The van der Waals surface area contributed by atoms with Crippen molar-refractivity contribution in [2.45, 2.75) is 6.92 Å². The number of rotatable bonds is 1. The van der Waals surface area contributed by atoms with E-state index in [0.29, 0.717) is 5.56 Å². The van der Waals surface area contributed by atoms with Gasteiger partial charge in [0.15, 0.2) is 0 Å². The highest BCUT2D eigenvalue weighted by molar-refractivity contribution is 9.10. The number of benzene rings is 1. The molecule has 0 bridgehead atoms. The van der Waals surface area contributed by atoms with Gasteiger partial charge in [-0.25, -0.2) is 0 Å². The van der Waals surface area contributed by atoms with E-state index in [1.165, 1.54) is 0 Å². The van der Waals surface area contributed by atoms with Gasteiger partial charge in [-0.2, -0.15) is 0 Å². The quantitative estimate of drug-likeness (QED) is 0.783. The lowest BCUT2D eigenvalue weighted by Gasteiger charge is -2.03. The molecule has 0 spiro atoms. The van der Waals surface area contributed by atoms with Gasteiger partial charge < -0.3 is 5.32 Å². The molecule has 64 valence electrons. The Morgan fingerprint density at radius 2 is 2.17 bits per heavy atom. The molecule has 1 aromatic rings. The molecule has 12 heavy (non-hydrogen) atoms. The largest absolute Gasteiger partial charge is 0.355 e. The molecular weight excluding hydrogens is 218 g/mol. The summed E-state index contributed by atoms with van der Waals surface area (Å²) in [7, 11) is 1.62. The summed E-state index contributed by atoms with van der Waals surface area (Å²) in [6.45, 7) is 1.96. The SMILES string of the molecule is CNC(=O)c1cc(C)ccc1Br. The molecule has 0 aliphatic rings. The Balaban J connectivity index is 3.13. The van der Waals surface area contributed by atoms with Gasteiger partial charge in [-0.1, -0.05) is 11.6 Å². The predicted octanol–water partition coefficient (Wildman–Crippen LogP) is 2.12. The molecule has 0 aliphatic carbocycles. The summed E-state index contributed by atoms with van der Waals surface area (Å²) >= 11 is 3.31. The molecule has 0 unspecified atom stereocenters. The van der Waals surface area contributed by atoms with Crippen molar-refractivity contribution in [2.75, 3.05) is 7.05 Å². The van der Waals surface area contributed by atoms with E-state index in [2.05, 4.69) is 21.2 Å². The zero-order valence-electron chi connectivity index (χ0n) is 7.02. The highest BCUT2D eigenvalue weighted by atomic mass is 79.9. The number of nitrogens with one attached hydrogen (secondary N) is 1. The van der Waals surface area contributed by atoms with E-state index < -0.39 is 0 Å². The Bertz CT molecular complexity index is 309. The second-order valence-electron chi connectivity index (χ2n) is 2.56. The van der Waals surface area contributed by atoms with Gasteiger partial charge in [-0.15, -0.1) is 0 Å². The first kappa shape index (κ1) is 9.26. The van der Waals surface area contributed by atoms with Crippen LogP contribution in [0, 0.1) is 6.92 Å². The van der Waals surface area contributed by atoms with E-state index in [1.807, 2.05) is 25.1 Å². The van der Waals surface area contributed by atoms with E-state index in [9.17, 15) is 4.79 Å². The molecule has 0 saturated heterocycles. The van der Waals surface area contributed by atoms with Crippen LogP contribution in [0.25, 0.3) is 0 Å². The summed E-state index contributed by atoms with van der Waals surface area (Å²) < 4.78 is 0.826. The van der Waals surface area contributed by atoms with Gasteiger partial charge in [0.25, 0.3) is 5.91 Å². The van der Waals surface area contributed by atoms with Crippen LogP contribution in [-0.4, -0.2) is 13.0 Å². The van der Waals surface area contributed by atoms with E-state index in [0.717, 1.165) is 10.0 Å². The summed E-state index contributed by atoms with van der Waals surface area (Å²) in [4.78, 5) is 11.2. The van der Waals surface area contributed by atoms with Crippen LogP contribution in [0.3, 0.4) is 0 Å². The molecule has 1 amide bonds. The van der Waals surface area contributed by atoms with Crippen molar-refractivity contribution in [3.8, 4) is 0 Å². The van der Waals surface area contributed by atoms with Crippen molar-refractivity contribution in [1.29, 1.82) is 0 Å². The minimum atomic E-state index is -0.0643. The fourth-order valence-electron chi connectivity index (χ4n) is 0.948. The lowest BCUT2D eigenvalue weighted by molar-refractivity contribution is 0.0962. The fraction of sp³-hybridized carbons (Fsp3) is 0.222. The van der Waals surface area contributed by atoms with Crippen LogP contribution in [-0.2, 0) is 0 Å². The van der Waals surface area contributed by atoms with Crippen LogP contribution in [0.4, 0.5) is 0 Å². The number of carbonyl (C=O) groups excluding carboxylic acids is 1. The number of carbonyl (C=O) groups is 1. The normalized spacial score (nSPS) is 9.58. The van der Waals surface area contributed by atoms with Crippen LogP contribution in [0.15, 0.2) is 22.7 Å². The summed E-state index contributed by atoms with van der Waals surface area (Å²) in [5.74, 6) is -0.0643. The van der Waals surface area contributed by atoms with E-state index >= 15 is 0 Å². The third kappa shape index (κ3) is 1.85. The molecule has 0 aliphatic heterocycles. The maximum absolute atomic E-state index is 11.2. The Hall–Kier alpha value is -0.830. The van der Waals surface area contributed by atoms with Gasteiger partial charge in [-0.3, -0.25) is 4.79 Å². The second-order valence-corrected chi connectivity index (χ2v) is 3.42. The first-order chi connectivity index (χ1) is 5.65. The summed E-state index contributed by atoms with van der Waals surface area (Å²) in [6, 6.07) is 5.68. The third-order valence-corrected chi connectivity index (χ3v) is 2.29. The fourth-order valence-corrected chi connectivity index (χ4v) is 1.37. The van der Waals surface area contributed by atoms with Crippen LogP contribution in [0.1, 0.15) is 15.9 Å². The average Bonchev–Trinajstić information content (AvgIpc) is 2.08. The van der Waals surface area contributed by atoms with Crippen molar-refractivity contribution >= 4 is 21.8 Å². The molecule has 0 saturated carbocycles. The molecule has 0 fully saturated rings. The Kier molecular flexibility index (Phi) is 2.87. The molecular formula is C9H10BrNO. The Labute approximate surface area is 80.1 Å². The number of amides is 1. The number of aryl methyl sites for hydroxylation is 1. The topological polar surface area (TPSA) is 29.1 Å². The lowest BCUT2D eigenvalue weighted by Crippen LogP contribution is -2.18. The van der Waals surface area contributed by atoms with Crippen molar-refractivity contribution in [2.24, 2.45) is 0 Å². The predicted molar refractivity (Wildman–Crippen MR) is 52.3 cm³/mol. The molecule has 0 aromatic heterocycles. The first-order valence-corrected chi connectivity index (χ1v) is 4.42. The van der Waals surface area contributed by atoms with Crippen LogP contribution in [0.2, 0.25) is 0 Å². The Morgan fingerprint density at radius 1 is 1.50 bits per heavy atom. The van der Waals surface area contributed by atoms with Crippen molar-refractivity contribution in [1.82, 2.24) is 5.32 Å². The molecule has 1 N–H and O–H groups in total. The van der Waals surface area contributed by atoms with E-state index in [4.69, 9.17) is 0 Å².